The first-order valence-electron chi connectivity index (χ1n) is 15.4. The summed E-state index contributed by atoms with van der Waals surface area (Å²) in [5.74, 6) is -3.37. The standard InChI is InChI=1S/C33H43N3O7/c1-5-6-18-35-19-12-8-11-15-25(38)34(4)22(3)28(23-13-9-7-10-14-23)42-32(41)26-24-16-17-33(43-24)27(26)30(39)36(21(2)20-37)29(33)31(35)40/h7-10,12-14,16-17,21-22,24,26-29,37H,5-6,11,15,18-20H2,1-4H3/b12-8-/t21-,22+,24-,26+,27+,28-,29-,33+/m1/s1. The van der Waals surface area contributed by atoms with Gasteiger partial charge in [-0.2, -0.15) is 0 Å². The molecule has 5 bridgehead atoms. The summed E-state index contributed by atoms with van der Waals surface area (Å²) in [6.07, 6.45) is 8.17. The number of esters is 1. The fourth-order valence-electron chi connectivity index (χ4n) is 6.96. The molecule has 1 aromatic carbocycles. The number of rotatable bonds is 6. The van der Waals surface area contributed by atoms with Crippen LogP contribution in [0.1, 0.15) is 58.1 Å². The number of allylic oxidation sites excluding steroid dienone is 1. The smallest absolute Gasteiger partial charge is 0.313 e. The number of aliphatic hydroxyl groups is 1. The van der Waals surface area contributed by atoms with Gasteiger partial charge in [-0.15, -0.1) is 0 Å². The van der Waals surface area contributed by atoms with Crippen molar-refractivity contribution in [1.29, 1.82) is 0 Å². The maximum atomic E-state index is 14.4. The zero-order valence-corrected chi connectivity index (χ0v) is 25.4. The number of ether oxygens (including phenoxy) is 2. The summed E-state index contributed by atoms with van der Waals surface area (Å²) in [6, 6.07) is 7.05. The fraction of sp³-hybridized carbons (Fsp3) is 0.576. The average molecular weight is 594 g/mol. The van der Waals surface area contributed by atoms with Crippen molar-refractivity contribution in [3.8, 4) is 0 Å². The third-order valence-electron chi connectivity index (χ3n) is 9.48. The number of benzene rings is 1. The van der Waals surface area contributed by atoms with Gasteiger partial charge in [0, 0.05) is 26.6 Å². The molecule has 0 aromatic heterocycles. The van der Waals surface area contributed by atoms with E-state index in [4.69, 9.17) is 9.47 Å². The van der Waals surface area contributed by atoms with E-state index < -0.39 is 59.6 Å². The van der Waals surface area contributed by atoms with Gasteiger partial charge in [-0.1, -0.05) is 68.0 Å². The Balaban J connectivity index is 1.59. The van der Waals surface area contributed by atoms with Crippen LogP contribution >= 0.6 is 0 Å². The quantitative estimate of drug-likeness (QED) is 0.398. The zero-order valence-electron chi connectivity index (χ0n) is 25.4. The maximum absolute atomic E-state index is 14.4. The number of aliphatic hydroxyl groups excluding tert-OH is 1. The van der Waals surface area contributed by atoms with Gasteiger partial charge in [0.15, 0.2) is 0 Å². The Hall–Kier alpha value is -3.50. The first-order valence-corrected chi connectivity index (χ1v) is 15.4. The second-order valence-electron chi connectivity index (χ2n) is 12.1. The highest BCUT2D eigenvalue weighted by molar-refractivity contribution is 5.99. The predicted octanol–water partition coefficient (Wildman–Crippen LogP) is 2.63. The molecule has 3 amide bonds. The Kier molecular flexibility index (Phi) is 9.08. The van der Waals surface area contributed by atoms with Gasteiger partial charge in [0.2, 0.25) is 17.7 Å². The van der Waals surface area contributed by atoms with Crippen molar-refractivity contribution in [2.45, 2.75) is 82.4 Å². The predicted molar refractivity (Wildman–Crippen MR) is 158 cm³/mol. The molecule has 0 aliphatic carbocycles. The number of likely N-dealkylation sites (N-methyl/N-ethyl adjacent to an activating group) is 1. The van der Waals surface area contributed by atoms with Crippen molar-refractivity contribution >= 4 is 23.7 Å². The summed E-state index contributed by atoms with van der Waals surface area (Å²) >= 11 is 0. The molecule has 0 saturated carbocycles. The number of carbonyl (C=O) groups is 4. The van der Waals surface area contributed by atoms with E-state index in [1.807, 2.05) is 56.3 Å². The van der Waals surface area contributed by atoms with Gasteiger partial charge in [0.25, 0.3) is 0 Å². The molecule has 4 aliphatic heterocycles. The number of likely N-dealkylation sites (tertiary alicyclic amines) is 1. The Morgan fingerprint density at radius 3 is 2.53 bits per heavy atom. The fourth-order valence-corrected chi connectivity index (χ4v) is 6.96. The Labute approximate surface area is 253 Å². The topological polar surface area (TPSA) is 117 Å². The van der Waals surface area contributed by atoms with E-state index in [0.29, 0.717) is 19.5 Å². The van der Waals surface area contributed by atoms with Crippen LogP contribution in [-0.4, -0.2) is 100 Å². The molecule has 2 saturated heterocycles. The average Bonchev–Trinajstić information content (AvgIpc) is 3.66. The lowest BCUT2D eigenvalue weighted by atomic mass is 9.74. The number of nitrogens with zero attached hydrogens (tertiary/aromatic N) is 3. The van der Waals surface area contributed by atoms with Gasteiger partial charge < -0.3 is 29.3 Å². The van der Waals surface area contributed by atoms with Gasteiger partial charge in [0.05, 0.1) is 30.7 Å². The van der Waals surface area contributed by atoms with Crippen molar-refractivity contribution in [2.24, 2.45) is 11.8 Å². The van der Waals surface area contributed by atoms with Crippen molar-refractivity contribution in [3.63, 3.8) is 0 Å². The molecule has 4 heterocycles. The molecule has 232 valence electrons. The monoisotopic (exact) mass is 593 g/mol. The first-order chi connectivity index (χ1) is 20.7. The normalized spacial score (nSPS) is 34.5. The molecule has 1 aromatic rings. The lowest BCUT2D eigenvalue weighted by Crippen LogP contribution is -2.58. The number of fused-ring (bicyclic) bond motifs is 2. The van der Waals surface area contributed by atoms with Crippen LogP contribution in [0.5, 0.6) is 0 Å². The second kappa shape index (κ2) is 12.6. The van der Waals surface area contributed by atoms with Crippen LogP contribution in [0.4, 0.5) is 0 Å². The third kappa shape index (κ3) is 5.40. The molecule has 10 heteroatoms. The summed E-state index contributed by atoms with van der Waals surface area (Å²) in [4.78, 5) is 60.6. The lowest BCUT2D eigenvalue weighted by Gasteiger charge is -2.37. The van der Waals surface area contributed by atoms with Gasteiger partial charge >= 0.3 is 5.97 Å². The van der Waals surface area contributed by atoms with Crippen molar-refractivity contribution in [2.75, 3.05) is 26.7 Å². The van der Waals surface area contributed by atoms with Gasteiger partial charge in [-0.25, -0.2) is 0 Å². The first kappa shape index (κ1) is 30.9. The SMILES string of the molecule is CCCCN1C/C=C\CCC(=O)N(C)[C@@H](C)[C@H](c2ccccc2)OC(=O)[C@@H]2[C@H]3C(=O)N([C@H](C)CO)[C@H](C1=O)[C@]31C=C[C@H]2O1. The minimum Gasteiger partial charge on any atom is -0.455 e. The maximum Gasteiger partial charge on any atom is 0.313 e. The highest BCUT2D eigenvalue weighted by Crippen LogP contribution is 2.56. The zero-order chi connectivity index (χ0) is 30.9. The molecule has 1 N–H and O–H groups in total. The number of amides is 3. The van der Waals surface area contributed by atoms with Crippen LogP contribution in [-0.2, 0) is 28.7 Å². The van der Waals surface area contributed by atoms with E-state index >= 15 is 0 Å². The summed E-state index contributed by atoms with van der Waals surface area (Å²) in [5, 5.41) is 10.1. The largest absolute Gasteiger partial charge is 0.455 e. The van der Waals surface area contributed by atoms with E-state index in [-0.39, 0.29) is 24.8 Å². The van der Waals surface area contributed by atoms with Crippen LogP contribution in [0.2, 0.25) is 0 Å². The minimum absolute atomic E-state index is 0.0922. The van der Waals surface area contributed by atoms with Gasteiger partial charge in [0.1, 0.15) is 23.7 Å². The highest BCUT2D eigenvalue weighted by atomic mass is 16.6. The molecule has 2 fully saturated rings. The number of unbranched alkanes of at least 4 members (excludes halogenated alkanes) is 1. The van der Waals surface area contributed by atoms with Crippen LogP contribution in [0.3, 0.4) is 0 Å². The van der Waals surface area contributed by atoms with E-state index in [9.17, 15) is 24.3 Å². The number of cyclic esters (lactones) is 1. The Bertz CT molecular complexity index is 1280. The van der Waals surface area contributed by atoms with Crippen LogP contribution < -0.4 is 0 Å². The third-order valence-corrected chi connectivity index (χ3v) is 9.48. The van der Waals surface area contributed by atoms with Crippen LogP contribution in [0.25, 0.3) is 0 Å². The van der Waals surface area contributed by atoms with Crippen molar-refractivity contribution < 1.29 is 33.8 Å². The molecule has 1 spiro atoms. The summed E-state index contributed by atoms with van der Waals surface area (Å²) in [6.45, 7) is 6.02. The Morgan fingerprint density at radius 1 is 1.09 bits per heavy atom. The molecule has 5 rings (SSSR count). The highest BCUT2D eigenvalue weighted by Gasteiger charge is 2.74. The molecule has 4 aliphatic rings. The van der Waals surface area contributed by atoms with E-state index in [2.05, 4.69) is 0 Å². The van der Waals surface area contributed by atoms with E-state index in [0.717, 1.165) is 18.4 Å². The number of hydrogen-bond acceptors (Lipinski definition) is 7. The molecule has 0 unspecified atom stereocenters. The van der Waals surface area contributed by atoms with Crippen LogP contribution in [0, 0.1) is 11.8 Å². The van der Waals surface area contributed by atoms with Gasteiger partial charge in [-0.3, -0.25) is 19.2 Å². The van der Waals surface area contributed by atoms with Crippen molar-refractivity contribution in [3.05, 3.63) is 60.2 Å². The van der Waals surface area contributed by atoms with E-state index in [1.54, 1.807) is 35.9 Å². The summed E-state index contributed by atoms with van der Waals surface area (Å²) in [7, 11) is 1.71. The second-order valence-corrected chi connectivity index (χ2v) is 12.1. The number of carbonyl (C=O) groups excluding carboxylic acids is 4. The molecule has 8 atom stereocenters. The lowest BCUT2D eigenvalue weighted by molar-refractivity contribution is -0.164. The molecule has 43 heavy (non-hydrogen) atoms. The summed E-state index contributed by atoms with van der Waals surface area (Å²) < 4.78 is 12.7. The molecular weight excluding hydrogens is 550 g/mol. The summed E-state index contributed by atoms with van der Waals surface area (Å²) in [5.41, 5.74) is -0.627. The van der Waals surface area contributed by atoms with Crippen LogP contribution in [0.15, 0.2) is 54.6 Å². The van der Waals surface area contributed by atoms with Gasteiger partial charge in [-0.05, 0) is 32.3 Å². The minimum atomic E-state index is -1.35. The van der Waals surface area contributed by atoms with Crippen molar-refractivity contribution in [1.82, 2.24) is 14.7 Å². The molecular formula is C33H43N3O7. The molecule has 0 radical (unpaired) electrons. The Morgan fingerprint density at radius 2 is 1.84 bits per heavy atom. The van der Waals surface area contributed by atoms with E-state index in [1.165, 1.54) is 4.90 Å². The molecule has 10 nitrogen and oxygen atoms in total. The number of hydrogen-bond donors (Lipinski definition) is 1.